The fourth-order valence-corrected chi connectivity index (χ4v) is 3.09. The normalized spacial score (nSPS) is 12.4. The fraction of sp³-hybridized carbons (Fsp3) is 0.500. The summed E-state index contributed by atoms with van der Waals surface area (Å²) in [5.41, 5.74) is 11.1. The highest BCUT2D eigenvalue weighted by atomic mass is 14.7. The Labute approximate surface area is 147 Å². The molecule has 0 spiro atoms. The molecule has 1 aromatic carbocycles. The topological polar surface area (TPSA) is 38.9 Å². The van der Waals surface area contributed by atoms with Crippen molar-refractivity contribution in [1.82, 2.24) is 4.98 Å². The van der Waals surface area contributed by atoms with Crippen molar-refractivity contribution in [3.63, 3.8) is 0 Å². The fourth-order valence-electron chi connectivity index (χ4n) is 3.09. The molecule has 2 heteroatoms. The highest BCUT2D eigenvalue weighted by Crippen LogP contribution is 2.28. The lowest BCUT2D eigenvalue weighted by Gasteiger charge is -2.25. The van der Waals surface area contributed by atoms with Crippen molar-refractivity contribution in [1.29, 1.82) is 0 Å². The highest BCUT2D eigenvalue weighted by Gasteiger charge is 2.20. The molecular formula is C22H32N2. The van der Waals surface area contributed by atoms with E-state index in [1.165, 1.54) is 16.8 Å². The Morgan fingerprint density at radius 2 is 1.54 bits per heavy atom. The summed E-state index contributed by atoms with van der Waals surface area (Å²) in [6.45, 7) is 11.5. The quantitative estimate of drug-likeness (QED) is 0.717. The van der Waals surface area contributed by atoms with Crippen molar-refractivity contribution in [2.75, 3.05) is 5.73 Å². The third kappa shape index (κ3) is 6.35. The molecule has 1 heterocycles. The van der Waals surface area contributed by atoms with Crippen LogP contribution in [-0.2, 0) is 19.3 Å². The van der Waals surface area contributed by atoms with Gasteiger partial charge in [0.05, 0.1) is 0 Å². The van der Waals surface area contributed by atoms with E-state index in [9.17, 15) is 0 Å². The zero-order valence-electron chi connectivity index (χ0n) is 15.9. The van der Waals surface area contributed by atoms with Gasteiger partial charge in [0, 0.05) is 17.6 Å². The first-order valence-electron chi connectivity index (χ1n) is 8.91. The summed E-state index contributed by atoms with van der Waals surface area (Å²) in [4.78, 5) is 4.60. The number of nitrogens with two attached hydrogens (primary N) is 1. The number of benzene rings is 1. The molecule has 0 fully saturated rings. The van der Waals surface area contributed by atoms with Gasteiger partial charge in [0.15, 0.2) is 0 Å². The third-order valence-electron chi connectivity index (χ3n) is 4.35. The summed E-state index contributed by atoms with van der Waals surface area (Å²) in [6, 6.07) is 12.7. The molecule has 0 saturated carbocycles. The second-order valence-corrected chi connectivity index (χ2v) is 8.98. The number of hydrogen-bond donors (Lipinski definition) is 1. The molecule has 0 aliphatic carbocycles. The van der Waals surface area contributed by atoms with E-state index >= 15 is 0 Å². The van der Waals surface area contributed by atoms with Gasteiger partial charge in [-0.1, -0.05) is 46.8 Å². The van der Waals surface area contributed by atoms with Crippen LogP contribution in [0.25, 0.3) is 0 Å². The van der Waals surface area contributed by atoms with E-state index in [2.05, 4.69) is 63.9 Å². The Bertz CT molecular complexity index is 648. The standard InChI is InChI=1S/C22H32N2/c1-21(2,3)15-18-11-13-24-20(14-18)16-22(4,5)12-10-17-6-8-19(23)9-7-17/h6-9,11,13-14H,10,12,15-16,23H2,1-5H3. The van der Waals surface area contributed by atoms with Crippen molar-refractivity contribution in [3.05, 3.63) is 59.4 Å². The number of hydrogen-bond acceptors (Lipinski definition) is 2. The predicted octanol–water partition coefficient (Wildman–Crippen LogP) is 5.45. The molecule has 0 unspecified atom stereocenters. The smallest absolute Gasteiger partial charge is 0.0411 e. The number of anilines is 1. The van der Waals surface area contributed by atoms with E-state index in [0.29, 0.717) is 5.41 Å². The molecule has 0 atom stereocenters. The van der Waals surface area contributed by atoms with Gasteiger partial charge in [0.2, 0.25) is 0 Å². The van der Waals surface area contributed by atoms with E-state index in [4.69, 9.17) is 5.73 Å². The molecule has 0 radical (unpaired) electrons. The van der Waals surface area contributed by atoms with Crippen LogP contribution in [0.5, 0.6) is 0 Å². The summed E-state index contributed by atoms with van der Waals surface area (Å²) in [5, 5.41) is 0. The predicted molar refractivity (Wildman–Crippen MR) is 104 cm³/mol. The van der Waals surface area contributed by atoms with E-state index in [-0.39, 0.29) is 5.41 Å². The molecule has 2 N–H and O–H groups in total. The van der Waals surface area contributed by atoms with Crippen molar-refractivity contribution >= 4 is 5.69 Å². The SMILES string of the molecule is CC(C)(C)Cc1ccnc(CC(C)(C)CCc2ccc(N)cc2)c1. The summed E-state index contributed by atoms with van der Waals surface area (Å²) in [6.07, 6.45) is 6.29. The minimum Gasteiger partial charge on any atom is -0.399 e. The number of rotatable bonds is 6. The molecule has 2 nitrogen and oxygen atoms in total. The molecule has 2 rings (SSSR count). The molecule has 0 saturated heterocycles. The van der Waals surface area contributed by atoms with Crippen LogP contribution in [-0.4, -0.2) is 4.98 Å². The van der Waals surface area contributed by atoms with Crippen LogP contribution in [0.15, 0.2) is 42.6 Å². The third-order valence-corrected chi connectivity index (χ3v) is 4.35. The van der Waals surface area contributed by atoms with Crippen LogP contribution in [0.2, 0.25) is 0 Å². The van der Waals surface area contributed by atoms with E-state index < -0.39 is 0 Å². The number of aromatic nitrogens is 1. The number of nitrogens with zero attached hydrogens (tertiary/aromatic N) is 1. The first-order valence-corrected chi connectivity index (χ1v) is 8.91. The molecule has 130 valence electrons. The zero-order valence-corrected chi connectivity index (χ0v) is 15.9. The first kappa shape index (κ1) is 18.5. The maximum atomic E-state index is 5.76. The van der Waals surface area contributed by atoms with Crippen LogP contribution in [0.4, 0.5) is 5.69 Å². The second-order valence-electron chi connectivity index (χ2n) is 8.98. The number of pyridine rings is 1. The Balaban J connectivity index is 1.98. The first-order chi connectivity index (χ1) is 11.1. The lowest BCUT2D eigenvalue weighted by Crippen LogP contribution is -2.17. The van der Waals surface area contributed by atoms with Gasteiger partial charge in [-0.15, -0.1) is 0 Å². The van der Waals surface area contributed by atoms with Gasteiger partial charge in [0.25, 0.3) is 0 Å². The summed E-state index contributed by atoms with van der Waals surface area (Å²) < 4.78 is 0. The maximum Gasteiger partial charge on any atom is 0.0411 e. The van der Waals surface area contributed by atoms with Crippen LogP contribution < -0.4 is 5.73 Å². The molecular weight excluding hydrogens is 292 g/mol. The maximum absolute atomic E-state index is 5.76. The molecule has 0 amide bonds. The van der Waals surface area contributed by atoms with Crippen molar-refractivity contribution in [2.24, 2.45) is 10.8 Å². The molecule has 0 aliphatic heterocycles. The Kier molecular flexibility index (Phi) is 5.69. The van der Waals surface area contributed by atoms with E-state index in [1.54, 1.807) is 0 Å². The Morgan fingerprint density at radius 1 is 0.875 bits per heavy atom. The molecule has 0 aliphatic rings. The summed E-state index contributed by atoms with van der Waals surface area (Å²) in [7, 11) is 0. The van der Waals surface area contributed by atoms with Gasteiger partial charge in [0.1, 0.15) is 0 Å². The van der Waals surface area contributed by atoms with Gasteiger partial charge < -0.3 is 5.73 Å². The van der Waals surface area contributed by atoms with Gasteiger partial charge >= 0.3 is 0 Å². The van der Waals surface area contributed by atoms with E-state index in [1.807, 2.05) is 18.3 Å². The van der Waals surface area contributed by atoms with Crippen molar-refractivity contribution < 1.29 is 0 Å². The van der Waals surface area contributed by atoms with Crippen molar-refractivity contribution in [2.45, 2.75) is 60.3 Å². The minimum atomic E-state index is 0.231. The average Bonchev–Trinajstić information content (AvgIpc) is 2.45. The lowest BCUT2D eigenvalue weighted by atomic mass is 9.81. The highest BCUT2D eigenvalue weighted by molar-refractivity contribution is 5.39. The Hall–Kier alpha value is -1.83. The van der Waals surface area contributed by atoms with Crippen LogP contribution in [0, 0.1) is 10.8 Å². The van der Waals surface area contributed by atoms with Crippen LogP contribution >= 0.6 is 0 Å². The van der Waals surface area contributed by atoms with Gasteiger partial charge in [-0.2, -0.15) is 0 Å². The average molecular weight is 325 g/mol. The molecule has 2 aromatic rings. The molecule has 1 aromatic heterocycles. The lowest BCUT2D eigenvalue weighted by molar-refractivity contribution is 0.329. The largest absolute Gasteiger partial charge is 0.399 e. The number of aryl methyl sites for hydroxylation is 1. The minimum absolute atomic E-state index is 0.231. The van der Waals surface area contributed by atoms with Gasteiger partial charge in [-0.3, -0.25) is 4.98 Å². The van der Waals surface area contributed by atoms with E-state index in [0.717, 1.165) is 31.4 Å². The zero-order chi connectivity index (χ0) is 17.8. The van der Waals surface area contributed by atoms with Crippen LogP contribution in [0.1, 0.15) is 57.9 Å². The Morgan fingerprint density at radius 3 is 2.17 bits per heavy atom. The monoisotopic (exact) mass is 324 g/mol. The second kappa shape index (κ2) is 7.38. The van der Waals surface area contributed by atoms with Gasteiger partial charge in [-0.05, 0) is 71.9 Å². The van der Waals surface area contributed by atoms with Crippen LogP contribution in [0.3, 0.4) is 0 Å². The molecule has 24 heavy (non-hydrogen) atoms. The molecule has 0 bridgehead atoms. The number of nitrogen functional groups attached to an aromatic ring is 1. The summed E-state index contributed by atoms with van der Waals surface area (Å²) in [5.74, 6) is 0. The summed E-state index contributed by atoms with van der Waals surface area (Å²) >= 11 is 0. The van der Waals surface area contributed by atoms with Crippen molar-refractivity contribution in [3.8, 4) is 0 Å². The van der Waals surface area contributed by atoms with Gasteiger partial charge in [-0.25, -0.2) is 0 Å².